The summed E-state index contributed by atoms with van der Waals surface area (Å²) in [4.78, 5) is 0. The van der Waals surface area contributed by atoms with Gasteiger partial charge in [0.25, 0.3) is 0 Å². The molecule has 0 amide bonds. The van der Waals surface area contributed by atoms with Crippen molar-refractivity contribution in [2.75, 3.05) is 0 Å². The number of hydrogen-bond acceptors (Lipinski definition) is 1. The molecule has 0 radical (unpaired) electrons. The van der Waals surface area contributed by atoms with E-state index in [9.17, 15) is 5.11 Å². The van der Waals surface area contributed by atoms with Crippen LogP contribution in [0.15, 0.2) is 24.3 Å². The number of aliphatic hydroxyl groups excluding tert-OH is 1. The van der Waals surface area contributed by atoms with Crippen LogP contribution in [-0.2, 0) is 6.42 Å². The predicted octanol–water partition coefficient (Wildman–Crippen LogP) is 4.07. The largest absolute Gasteiger partial charge is 0.393 e. The SMILES string of the molecule is CC(C)(C)C(O)CCCc1ccccc1Cl. The number of hydrogen-bond donors (Lipinski definition) is 1. The molecule has 0 saturated carbocycles. The van der Waals surface area contributed by atoms with Crippen LogP contribution in [0.1, 0.15) is 39.2 Å². The quantitative estimate of drug-likeness (QED) is 0.841. The van der Waals surface area contributed by atoms with E-state index in [1.165, 1.54) is 5.56 Å². The van der Waals surface area contributed by atoms with Crippen LogP contribution in [0.4, 0.5) is 0 Å². The zero-order valence-corrected chi connectivity index (χ0v) is 11.1. The molecule has 1 rings (SSSR count). The van der Waals surface area contributed by atoms with Gasteiger partial charge in [0.05, 0.1) is 6.10 Å². The van der Waals surface area contributed by atoms with E-state index in [0.717, 1.165) is 24.3 Å². The summed E-state index contributed by atoms with van der Waals surface area (Å²) in [6, 6.07) is 7.90. The monoisotopic (exact) mass is 240 g/mol. The standard InChI is InChI=1S/C14H21ClO/c1-14(2,3)13(16)10-6-8-11-7-4-5-9-12(11)15/h4-5,7,9,13,16H,6,8,10H2,1-3H3. The molecular formula is C14H21ClO. The number of halogens is 1. The fraction of sp³-hybridized carbons (Fsp3) is 0.571. The molecule has 0 aromatic heterocycles. The zero-order chi connectivity index (χ0) is 12.2. The molecule has 1 nitrogen and oxygen atoms in total. The average Bonchev–Trinajstić information content (AvgIpc) is 2.19. The fourth-order valence-corrected chi connectivity index (χ4v) is 1.85. The maximum atomic E-state index is 9.90. The van der Waals surface area contributed by atoms with E-state index in [1.807, 2.05) is 24.3 Å². The second-order valence-electron chi connectivity index (χ2n) is 5.37. The summed E-state index contributed by atoms with van der Waals surface area (Å²) in [6.07, 6.45) is 2.50. The van der Waals surface area contributed by atoms with Gasteiger partial charge in [0.2, 0.25) is 0 Å². The molecule has 1 atom stereocenters. The van der Waals surface area contributed by atoms with Gasteiger partial charge in [-0.25, -0.2) is 0 Å². The van der Waals surface area contributed by atoms with Crippen LogP contribution in [0.3, 0.4) is 0 Å². The van der Waals surface area contributed by atoms with E-state index in [-0.39, 0.29) is 11.5 Å². The second-order valence-corrected chi connectivity index (χ2v) is 5.77. The van der Waals surface area contributed by atoms with Gasteiger partial charge in [-0.15, -0.1) is 0 Å². The molecular weight excluding hydrogens is 220 g/mol. The number of rotatable bonds is 4. The van der Waals surface area contributed by atoms with Gasteiger partial charge in [-0.2, -0.15) is 0 Å². The first-order chi connectivity index (χ1) is 7.41. The van der Waals surface area contributed by atoms with E-state index >= 15 is 0 Å². The highest BCUT2D eigenvalue weighted by Gasteiger charge is 2.21. The molecule has 2 heteroatoms. The summed E-state index contributed by atoms with van der Waals surface area (Å²) in [5, 5.41) is 10.7. The average molecular weight is 241 g/mol. The molecule has 0 heterocycles. The van der Waals surface area contributed by atoms with Crippen LogP contribution in [-0.4, -0.2) is 11.2 Å². The number of aryl methyl sites for hydroxylation is 1. The van der Waals surface area contributed by atoms with Crippen LogP contribution in [0, 0.1) is 5.41 Å². The molecule has 0 aliphatic carbocycles. The molecule has 0 saturated heterocycles. The van der Waals surface area contributed by atoms with Gasteiger partial charge in [0, 0.05) is 5.02 Å². The molecule has 1 aromatic carbocycles. The molecule has 0 spiro atoms. The minimum absolute atomic E-state index is 0.0273. The second kappa shape index (κ2) is 5.70. The Morgan fingerprint density at radius 1 is 1.25 bits per heavy atom. The first kappa shape index (κ1) is 13.5. The third-order valence-electron chi connectivity index (χ3n) is 2.88. The maximum absolute atomic E-state index is 9.90. The van der Waals surface area contributed by atoms with Crippen molar-refractivity contribution in [3.63, 3.8) is 0 Å². The topological polar surface area (TPSA) is 20.2 Å². The lowest BCUT2D eigenvalue weighted by molar-refractivity contribution is 0.0540. The first-order valence-corrected chi connectivity index (χ1v) is 6.20. The van der Waals surface area contributed by atoms with Crippen molar-refractivity contribution < 1.29 is 5.11 Å². The van der Waals surface area contributed by atoms with Gasteiger partial charge in [-0.1, -0.05) is 50.6 Å². The van der Waals surface area contributed by atoms with Crippen molar-refractivity contribution in [1.82, 2.24) is 0 Å². The first-order valence-electron chi connectivity index (χ1n) is 5.83. The molecule has 90 valence electrons. The Labute approximate surface area is 103 Å². The molecule has 0 bridgehead atoms. The van der Waals surface area contributed by atoms with Gasteiger partial charge < -0.3 is 5.11 Å². The van der Waals surface area contributed by atoms with Gasteiger partial charge in [-0.05, 0) is 36.3 Å². The molecule has 1 unspecified atom stereocenters. The zero-order valence-electron chi connectivity index (χ0n) is 10.3. The summed E-state index contributed by atoms with van der Waals surface area (Å²) in [5.41, 5.74) is 1.14. The maximum Gasteiger partial charge on any atom is 0.0588 e. The van der Waals surface area contributed by atoms with Crippen molar-refractivity contribution in [3.05, 3.63) is 34.9 Å². The number of aliphatic hydroxyl groups is 1. The Morgan fingerprint density at radius 2 is 1.88 bits per heavy atom. The lowest BCUT2D eigenvalue weighted by atomic mass is 9.86. The summed E-state index contributed by atoms with van der Waals surface area (Å²) < 4.78 is 0. The summed E-state index contributed by atoms with van der Waals surface area (Å²) in [6.45, 7) is 6.19. The Hall–Kier alpha value is -0.530. The summed E-state index contributed by atoms with van der Waals surface area (Å²) in [7, 11) is 0. The third-order valence-corrected chi connectivity index (χ3v) is 3.25. The van der Waals surface area contributed by atoms with Gasteiger partial charge >= 0.3 is 0 Å². The number of benzene rings is 1. The molecule has 0 aliphatic rings. The fourth-order valence-electron chi connectivity index (χ4n) is 1.62. The van der Waals surface area contributed by atoms with Crippen molar-refractivity contribution in [3.8, 4) is 0 Å². The lowest BCUT2D eigenvalue weighted by Crippen LogP contribution is -2.25. The van der Waals surface area contributed by atoms with Gasteiger partial charge in [0.15, 0.2) is 0 Å². The van der Waals surface area contributed by atoms with Crippen molar-refractivity contribution in [2.45, 2.75) is 46.1 Å². The third kappa shape index (κ3) is 4.15. The Bertz CT molecular complexity index is 328. The molecule has 0 fully saturated rings. The predicted molar refractivity (Wildman–Crippen MR) is 69.9 cm³/mol. The van der Waals surface area contributed by atoms with E-state index in [2.05, 4.69) is 20.8 Å². The van der Waals surface area contributed by atoms with Crippen molar-refractivity contribution in [2.24, 2.45) is 5.41 Å². The van der Waals surface area contributed by atoms with Crippen LogP contribution < -0.4 is 0 Å². The Morgan fingerprint density at radius 3 is 2.44 bits per heavy atom. The van der Waals surface area contributed by atoms with Gasteiger partial charge in [-0.3, -0.25) is 0 Å². The minimum atomic E-state index is -0.241. The normalized spacial score (nSPS) is 13.8. The van der Waals surface area contributed by atoms with Crippen LogP contribution in [0.5, 0.6) is 0 Å². The van der Waals surface area contributed by atoms with Gasteiger partial charge in [0.1, 0.15) is 0 Å². The van der Waals surface area contributed by atoms with E-state index in [4.69, 9.17) is 11.6 Å². The van der Waals surface area contributed by atoms with E-state index in [1.54, 1.807) is 0 Å². The molecule has 0 aliphatic heterocycles. The highest BCUT2D eigenvalue weighted by molar-refractivity contribution is 6.31. The van der Waals surface area contributed by atoms with E-state index in [0.29, 0.717) is 0 Å². The van der Waals surface area contributed by atoms with Crippen LogP contribution >= 0.6 is 11.6 Å². The highest BCUT2D eigenvalue weighted by atomic mass is 35.5. The minimum Gasteiger partial charge on any atom is -0.393 e. The highest BCUT2D eigenvalue weighted by Crippen LogP contribution is 2.24. The van der Waals surface area contributed by atoms with Crippen molar-refractivity contribution in [1.29, 1.82) is 0 Å². The smallest absolute Gasteiger partial charge is 0.0588 e. The molecule has 16 heavy (non-hydrogen) atoms. The summed E-state index contributed by atoms with van der Waals surface area (Å²) in [5.74, 6) is 0. The van der Waals surface area contributed by atoms with Crippen LogP contribution in [0.2, 0.25) is 5.02 Å². The Balaban J connectivity index is 2.40. The van der Waals surface area contributed by atoms with Crippen LogP contribution in [0.25, 0.3) is 0 Å². The Kier molecular flexibility index (Phi) is 4.82. The summed E-state index contributed by atoms with van der Waals surface area (Å²) >= 11 is 6.07. The molecule has 1 N–H and O–H groups in total. The van der Waals surface area contributed by atoms with E-state index < -0.39 is 0 Å². The lowest BCUT2D eigenvalue weighted by Gasteiger charge is -2.25. The van der Waals surface area contributed by atoms with Crippen molar-refractivity contribution >= 4 is 11.6 Å². The molecule has 1 aromatic rings.